The molecule has 0 aliphatic heterocycles. The molecule has 1 heteroatoms. The molecule has 0 aromatic heterocycles. The van der Waals surface area contributed by atoms with Crippen LogP contribution in [0.15, 0.2) is 94.7 Å². The molecule has 1 atom stereocenters. The maximum absolute atomic E-state index is 2.34. The van der Waals surface area contributed by atoms with Gasteiger partial charge in [-0.2, -0.15) is 0 Å². The minimum atomic E-state index is 0.0541. The lowest BCUT2D eigenvalue weighted by molar-refractivity contribution is 1.43. The Hall–Kier alpha value is -2.25. The molecular weight excluding hydrogens is 284 g/mol. The maximum Gasteiger partial charge on any atom is 0.176 e. The first-order chi connectivity index (χ1) is 10.8. The standard InChI is InChI=1S/C21H17S/c1-22(18-11-3-2-4-12-18)21-19-13-7-5-9-16(19)15-17-10-6-8-14-20(17)21/h2-15H,1H3/q+1. The van der Waals surface area contributed by atoms with Crippen LogP contribution in [0.4, 0.5) is 0 Å². The van der Waals surface area contributed by atoms with Gasteiger partial charge in [-0.25, -0.2) is 0 Å². The van der Waals surface area contributed by atoms with Crippen LogP contribution >= 0.6 is 0 Å². The van der Waals surface area contributed by atoms with Crippen LogP contribution in [0.25, 0.3) is 21.5 Å². The van der Waals surface area contributed by atoms with Crippen molar-refractivity contribution < 1.29 is 0 Å². The van der Waals surface area contributed by atoms with Gasteiger partial charge in [0.2, 0.25) is 0 Å². The molecule has 0 saturated heterocycles. The number of fused-ring (bicyclic) bond motifs is 2. The Morgan fingerprint density at radius 1 is 0.591 bits per heavy atom. The number of hydrogen-bond acceptors (Lipinski definition) is 0. The molecule has 4 aromatic carbocycles. The molecule has 22 heavy (non-hydrogen) atoms. The second kappa shape index (κ2) is 5.51. The normalized spacial score (nSPS) is 12.6. The monoisotopic (exact) mass is 301 g/mol. The van der Waals surface area contributed by atoms with E-state index in [1.54, 1.807) is 0 Å². The highest BCUT2D eigenvalue weighted by molar-refractivity contribution is 7.96. The van der Waals surface area contributed by atoms with Crippen LogP contribution in [0.3, 0.4) is 0 Å². The fourth-order valence-corrected chi connectivity index (χ4v) is 4.88. The zero-order valence-electron chi connectivity index (χ0n) is 12.5. The van der Waals surface area contributed by atoms with E-state index in [9.17, 15) is 0 Å². The highest BCUT2D eigenvalue weighted by atomic mass is 32.2. The quantitative estimate of drug-likeness (QED) is 0.331. The highest BCUT2D eigenvalue weighted by Gasteiger charge is 2.24. The van der Waals surface area contributed by atoms with Crippen molar-refractivity contribution in [3.05, 3.63) is 84.9 Å². The molecule has 0 spiro atoms. The van der Waals surface area contributed by atoms with Gasteiger partial charge in [0.25, 0.3) is 0 Å². The molecule has 0 radical (unpaired) electrons. The number of hydrogen-bond donors (Lipinski definition) is 0. The molecule has 1 unspecified atom stereocenters. The second-order valence-corrected chi connectivity index (χ2v) is 7.37. The van der Waals surface area contributed by atoms with Gasteiger partial charge in [0.15, 0.2) is 9.79 Å². The molecule has 0 bridgehead atoms. The van der Waals surface area contributed by atoms with Gasteiger partial charge in [-0.3, -0.25) is 0 Å². The van der Waals surface area contributed by atoms with Crippen LogP contribution in [0, 0.1) is 0 Å². The summed E-state index contributed by atoms with van der Waals surface area (Å²) in [6.45, 7) is 0. The van der Waals surface area contributed by atoms with E-state index in [2.05, 4.69) is 91.2 Å². The third-order valence-electron chi connectivity index (χ3n) is 4.12. The molecule has 4 rings (SSSR count). The van der Waals surface area contributed by atoms with Gasteiger partial charge in [0.1, 0.15) is 6.26 Å². The lowest BCUT2D eigenvalue weighted by Crippen LogP contribution is -2.02. The van der Waals surface area contributed by atoms with Gasteiger partial charge in [-0.15, -0.1) is 0 Å². The van der Waals surface area contributed by atoms with E-state index in [-0.39, 0.29) is 10.9 Å². The minimum Gasteiger partial charge on any atom is -0.0619 e. The molecular formula is C21H17S+. The van der Waals surface area contributed by atoms with Gasteiger partial charge >= 0.3 is 0 Å². The van der Waals surface area contributed by atoms with Crippen molar-refractivity contribution >= 4 is 32.4 Å². The van der Waals surface area contributed by atoms with Crippen LogP contribution in [-0.4, -0.2) is 6.26 Å². The first kappa shape index (κ1) is 13.4. The summed E-state index contributed by atoms with van der Waals surface area (Å²) >= 11 is 0. The Morgan fingerprint density at radius 2 is 1.09 bits per heavy atom. The van der Waals surface area contributed by atoms with Crippen molar-refractivity contribution in [2.24, 2.45) is 0 Å². The minimum absolute atomic E-state index is 0.0541. The molecule has 4 aromatic rings. The first-order valence-corrected chi connectivity index (χ1v) is 9.09. The molecule has 0 heterocycles. The maximum atomic E-state index is 2.34. The molecule has 106 valence electrons. The van der Waals surface area contributed by atoms with Crippen LogP contribution in [0.2, 0.25) is 0 Å². The molecule has 0 fully saturated rings. The first-order valence-electron chi connectivity index (χ1n) is 7.46. The molecule has 0 N–H and O–H groups in total. The Bertz CT molecular complexity index is 887. The van der Waals surface area contributed by atoms with Crippen molar-refractivity contribution in [3.63, 3.8) is 0 Å². The summed E-state index contributed by atoms with van der Waals surface area (Å²) in [6, 6.07) is 30.6. The summed E-state index contributed by atoms with van der Waals surface area (Å²) in [7, 11) is 0.0541. The molecule has 0 nitrogen and oxygen atoms in total. The molecule has 0 saturated carbocycles. The Kier molecular flexibility index (Phi) is 3.36. The van der Waals surface area contributed by atoms with E-state index in [0.29, 0.717) is 0 Å². The van der Waals surface area contributed by atoms with Gasteiger partial charge in [0, 0.05) is 10.8 Å². The molecule has 0 aliphatic rings. The van der Waals surface area contributed by atoms with E-state index >= 15 is 0 Å². The Labute approximate surface area is 133 Å². The predicted octanol–water partition coefficient (Wildman–Crippen LogP) is 5.66. The van der Waals surface area contributed by atoms with Gasteiger partial charge in [-0.05, 0) is 41.1 Å². The van der Waals surface area contributed by atoms with Crippen molar-refractivity contribution in [2.75, 3.05) is 6.26 Å². The zero-order valence-corrected chi connectivity index (χ0v) is 13.3. The predicted molar refractivity (Wildman–Crippen MR) is 97.7 cm³/mol. The Balaban J connectivity index is 2.08. The van der Waals surface area contributed by atoms with E-state index in [0.717, 1.165) is 0 Å². The lowest BCUT2D eigenvalue weighted by Gasteiger charge is -2.10. The topological polar surface area (TPSA) is 0 Å². The molecule has 0 amide bonds. The van der Waals surface area contributed by atoms with E-state index in [4.69, 9.17) is 0 Å². The van der Waals surface area contributed by atoms with Crippen LogP contribution in [0.5, 0.6) is 0 Å². The zero-order chi connectivity index (χ0) is 14.9. The second-order valence-electron chi connectivity index (χ2n) is 5.47. The van der Waals surface area contributed by atoms with Gasteiger partial charge in [0.05, 0.1) is 10.9 Å². The fraction of sp³-hybridized carbons (Fsp3) is 0.0476. The third kappa shape index (κ3) is 2.18. The van der Waals surface area contributed by atoms with E-state index in [1.165, 1.54) is 31.3 Å². The smallest absolute Gasteiger partial charge is 0.0619 e. The van der Waals surface area contributed by atoms with Gasteiger partial charge in [-0.1, -0.05) is 54.6 Å². The lowest BCUT2D eigenvalue weighted by atomic mass is 10.0. The summed E-state index contributed by atoms with van der Waals surface area (Å²) in [5.41, 5.74) is 0. The SMILES string of the molecule is C[S+](c1ccccc1)c1c2ccccc2cc2ccccc12. The molecule has 0 aliphatic carbocycles. The van der Waals surface area contributed by atoms with Crippen LogP contribution in [-0.2, 0) is 10.9 Å². The van der Waals surface area contributed by atoms with Gasteiger partial charge < -0.3 is 0 Å². The Morgan fingerprint density at radius 3 is 1.68 bits per heavy atom. The van der Waals surface area contributed by atoms with Crippen molar-refractivity contribution in [2.45, 2.75) is 9.79 Å². The third-order valence-corrected chi connectivity index (χ3v) is 6.16. The van der Waals surface area contributed by atoms with Crippen LogP contribution < -0.4 is 0 Å². The van der Waals surface area contributed by atoms with Crippen LogP contribution in [0.1, 0.15) is 0 Å². The largest absolute Gasteiger partial charge is 0.176 e. The van der Waals surface area contributed by atoms with E-state index < -0.39 is 0 Å². The van der Waals surface area contributed by atoms with Crippen molar-refractivity contribution in [1.29, 1.82) is 0 Å². The summed E-state index contributed by atoms with van der Waals surface area (Å²) in [5, 5.41) is 5.39. The highest BCUT2D eigenvalue weighted by Crippen LogP contribution is 2.35. The number of benzene rings is 4. The summed E-state index contributed by atoms with van der Waals surface area (Å²) in [4.78, 5) is 2.85. The van der Waals surface area contributed by atoms with Crippen molar-refractivity contribution in [1.82, 2.24) is 0 Å². The fourth-order valence-electron chi connectivity index (χ4n) is 3.04. The summed E-state index contributed by atoms with van der Waals surface area (Å²) in [6.07, 6.45) is 2.34. The average molecular weight is 301 g/mol. The number of rotatable bonds is 2. The van der Waals surface area contributed by atoms with E-state index in [1.807, 2.05) is 0 Å². The van der Waals surface area contributed by atoms with Crippen molar-refractivity contribution in [3.8, 4) is 0 Å². The summed E-state index contributed by atoms with van der Waals surface area (Å²) < 4.78 is 0. The average Bonchev–Trinajstić information content (AvgIpc) is 2.60. The summed E-state index contributed by atoms with van der Waals surface area (Å²) in [5.74, 6) is 0.